The number of carbonyl (C=O) groups is 1. The van der Waals surface area contributed by atoms with Gasteiger partial charge in [0.05, 0.1) is 6.61 Å². The Labute approximate surface area is 222 Å². The van der Waals surface area contributed by atoms with Crippen molar-refractivity contribution in [1.29, 1.82) is 0 Å². The molecule has 1 rings (SSSR count). The molecule has 6 nitrogen and oxygen atoms in total. The van der Waals surface area contributed by atoms with E-state index in [-0.39, 0.29) is 42.1 Å². The van der Waals surface area contributed by atoms with Crippen LogP contribution in [0.1, 0.15) is 103 Å². The monoisotopic (exact) mass is 500 g/mol. The summed E-state index contributed by atoms with van der Waals surface area (Å²) in [4.78, 5) is 32.6. The Balaban J connectivity index is 0.00000961. The molecule has 1 saturated heterocycles. The predicted octanol–water partition coefficient (Wildman–Crippen LogP) is 2.32. The number of esters is 1. The average Bonchev–Trinajstić information content (AvgIpc) is 2.71. The molecule has 1 aliphatic rings. The number of hydrogen-bond acceptors (Lipinski definition) is 6. The van der Waals surface area contributed by atoms with E-state index in [0.29, 0.717) is 19.4 Å². The molecule has 0 aromatic heterocycles. The fourth-order valence-electron chi connectivity index (χ4n) is 3.66. The largest absolute Gasteiger partial charge is 1.00 e. The molecule has 0 aromatic carbocycles. The third-order valence-corrected chi connectivity index (χ3v) is 6.23. The molecule has 0 aliphatic carbocycles. The van der Waals surface area contributed by atoms with Gasteiger partial charge in [-0.25, -0.2) is 0 Å². The summed E-state index contributed by atoms with van der Waals surface area (Å²) >= 11 is 4.41. The summed E-state index contributed by atoms with van der Waals surface area (Å²) in [5.41, 5.74) is 0. The van der Waals surface area contributed by atoms with Crippen LogP contribution in [0, 0.1) is 0 Å². The molecule has 1 heterocycles. The molecule has 0 aromatic rings. The Morgan fingerprint density at radius 1 is 1.03 bits per heavy atom. The summed E-state index contributed by atoms with van der Waals surface area (Å²) < 4.78 is 15.7. The quantitative estimate of drug-likeness (QED) is 0.102. The zero-order chi connectivity index (χ0) is 22.8. The molecule has 1 unspecified atom stereocenters. The van der Waals surface area contributed by atoms with Gasteiger partial charge in [0.15, 0.2) is 6.10 Å². The molecule has 0 amide bonds. The van der Waals surface area contributed by atoms with Gasteiger partial charge in [-0.1, -0.05) is 82.2 Å². The maximum atomic E-state index is 12.1. The van der Waals surface area contributed by atoms with Gasteiger partial charge in [-0.15, -0.1) is 0 Å². The second-order valence-electron chi connectivity index (χ2n) is 8.34. The number of unbranched alkanes of at least 4 members (excludes halogenated alkanes) is 11. The fourth-order valence-corrected chi connectivity index (χ4v) is 4.58. The van der Waals surface area contributed by atoms with E-state index < -0.39 is 18.9 Å². The second-order valence-corrected chi connectivity index (χ2v) is 10.9. The SMILES string of the molecule is CCCCCCCC/C=C/CCCCCCCC(=O)O[C@@H]1COCC[C@@H]1OP([O-])(O)=S.[Na+]. The first-order chi connectivity index (χ1) is 14.9. The normalized spacial score (nSPS) is 20.6. The molecule has 1 aliphatic heterocycles. The molecule has 3 atom stereocenters. The van der Waals surface area contributed by atoms with Gasteiger partial charge in [-0.3, -0.25) is 4.79 Å². The van der Waals surface area contributed by atoms with Crippen LogP contribution >= 0.6 is 6.72 Å². The van der Waals surface area contributed by atoms with Crippen LogP contribution in [0.4, 0.5) is 0 Å². The van der Waals surface area contributed by atoms with Crippen molar-refractivity contribution in [2.75, 3.05) is 13.2 Å². The van der Waals surface area contributed by atoms with Gasteiger partial charge >= 0.3 is 35.5 Å². The van der Waals surface area contributed by atoms with Crippen molar-refractivity contribution in [1.82, 2.24) is 0 Å². The standard InChI is InChI=1S/C23H43O6PS.Na/c1-2-3-4-5-6-7-8-9-10-11-12-13-14-15-16-17-23(24)28-22-20-27-19-18-21(22)29-30(25,26)31;/h9-10,21-22H,2-8,11-20H2,1H3,(H2,25,26,31);/q;+1/p-1/b10-9+;/t21-,22+;/m0./s1. The van der Waals surface area contributed by atoms with Crippen molar-refractivity contribution < 1.29 is 58.1 Å². The minimum Gasteiger partial charge on any atom is -0.780 e. The van der Waals surface area contributed by atoms with Crippen molar-refractivity contribution in [2.45, 2.75) is 115 Å². The fraction of sp³-hybridized carbons (Fsp3) is 0.870. The van der Waals surface area contributed by atoms with E-state index in [1.807, 2.05) is 0 Å². The number of allylic oxidation sites excluding steroid dienone is 2. The number of rotatable bonds is 18. The maximum absolute atomic E-state index is 12.1. The van der Waals surface area contributed by atoms with Gasteiger partial charge in [0.2, 0.25) is 0 Å². The van der Waals surface area contributed by atoms with Crippen LogP contribution in [-0.4, -0.2) is 36.3 Å². The van der Waals surface area contributed by atoms with E-state index in [1.54, 1.807) is 0 Å². The Bertz CT molecular complexity index is 543. The first-order valence-corrected chi connectivity index (χ1v) is 14.7. The van der Waals surface area contributed by atoms with Gasteiger partial charge in [-0.05, 0) is 32.1 Å². The van der Waals surface area contributed by atoms with E-state index in [1.165, 1.54) is 57.8 Å². The Hall–Kier alpha value is 0.700. The van der Waals surface area contributed by atoms with Gasteiger partial charge < -0.3 is 23.8 Å². The zero-order valence-corrected chi connectivity index (χ0v) is 23.9. The Kier molecular flexibility index (Phi) is 21.5. The van der Waals surface area contributed by atoms with Crippen LogP contribution in [0.2, 0.25) is 0 Å². The average molecular weight is 501 g/mol. The molecule has 0 bridgehead atoms. The van der Waals surface area contributed by atoms with Crippen LogP contribution < -0.4 is 34.5 Å². The van der Waals surface area contributed by atoms with Gasteiger partial charge in [0.1, 0.15) is 12.8 Å². The minimum absolute atomic E-state index is 0. The van der Waals surface area contributed by atoms with E-state index in [2.05, 4.69) is 30.9 Å². The molecule has 0 spiro atoms. The first-order valence-electron chi connectivity index (χ1n) is 12.1. The number of carbonyl (C=O) groups excluding carboxylic acids is 1. The molecule has 32 heavy (non-hydrogen) atoms. The minimum atomic E-state index is -4.04. The second kappa shape index (κ2) is 21.0. The number of ether oxygens (including phenoxy) is 2. The van der Waals surface area contributed by atoms with Gasteiger partial charge in [0.25, 0.3) is 0 Å². The summed E-state index contributed by atoms with van der Waals surface area (Å²) in [7, 11) is 0. The summed E-state index contributed by atoms with van der Waals surface area (Å²) in [6.07, 6.45) is 19.7. The van der Waals surface area contributed by atoms with Crippen molar-refractivity contribution in [2.24, 2.45) is 0 Å². The van der Waals surface area contributed by atoms with Gasteiger partial charge in [-0.2, -0.15) is 0 Å². The number of hydrogen-bond donors (Lipinski definition) is 1. The van der Waals surface area contributed by atoms with Crippen molar-refractivity contribution in [3.63, 3.8) is 0 Å². The topological polar surface area (TPSA) is 88.1 Å². The van der Waals surface area contributed by atoms with E-state index in [9.17, 15) is 14.6 Å². The van der Waals surface area contributed by atoms with E-state index in [0.717, 1.165) is 25.7 Å². The summed E-state index contributed by atoms with van der Waals surface area (Å²) in [5, 5.41) is 0. The third kappa shape index (κ3) is 19.1. The maximum Gasteiger partial charge on any atom is 1.00 e. The van der Waals surface area contributed by atoms with Crippen LogP contribution in [0.25, 0.3) is 0 Å². The summed E-state index contributed by atoms with van der Waals surface area (Å²) in [5.74, 6) is -0.320. The summed E-state index contributed by atoms with van der Waals surface area (Å²) in [6, 6.07) is 0. The van der Waals surface area contributed by atoms with Crippen LogP contribution in [0.3, 0.4) is 0 Å². The Morgan fingerprint density at radius 2 is 1.59 bits per heavy atom. The van der Waals surface area contributed by atoms with E-state index >= 15 is 0 Å². The molecule has 1 fully saturated rings. The van der Waals surface area contributed by atoms with Crippen LogP contribution in [0.5, 0.6) is 0 Å². The van der Waals surface area contributed by atoms with Crippen molar-refractivity contribution >= 4 is 24.5 Å². The molecular formula is C23H42NaO6PS. The smallest absolute Gasteiger partial charge is 0.780 e. The molecule has 9 heteroatoms. The van der Waals surface area contributed by atoms with Crippen LogP contribution in [-0.2, 0) is 30.6 Å². The molecule has 182 valence electrons. The molecule has 0 saturated carbocycles. The molecular weight excluding hydrogens is 458 g/mol. The summed E-state index contributed by atoms with van der Waals surface area (Å²) in [6.45, 7) is -1.23. The Morgan fingerprint density at radius 3 is 2.19 bits per heavy atom. The predicted molar refractivity (Wildman–Crippen MR) is 126 cm³/mol. The van der Waals surface area contributed by atoms with Crippen LogP contribution in [0.15, 0.2) is 12.2 Å². The zero-order valence-electron chi connectivity index (χ0n) is 20.2. The third-order valence-electron chi connectivity index (χ3n) is 5.44. The van der Waals surface area contributed by atoms with E-state index in [4.69, 9.17) is 14.0 Å². The molecule has 1 N–H and O–H groups in total. The molecule has 0 radical (unpaired) electrons. The van der Waals surface area contributed by atoms with Crippen molar-refractivity contribution in [3.05, 3.63) is 12.2 Å². The first kappa shape index (κ1) is 32.7. The van der Waals surface area contributed by atoms with Crippen molar-refractivity contribution in [3.8, 4) is 0 Å². The van der Waals surface area contributed by atoms with Gasteiger partial charge in [0, 0.05) is 19.4 Å².